The zero-order valence-electron chi connectivity index (χ0n) is 101. The van der Waals surface area contributed by atoms with Gasteiger partial charge in [0.05, 0.1) is 0 Å². The molecule has 8 aliphatic rings. The molecule has 824 valence electrons. The molecule has 15 rings (SSSR count). The van der Waals surface area contributed by atoms with Crippen LogP contribution >= 0.6 is 0 Å². The van der Waals surface area contributed by atoms with Crippen LogP contribution in [-0.4, -0.2) is 311 Å². The predicted octanol–water partition coefficient (Wildman–Crippen LogP) is 25.2. The molecule has 8 aliphatic heterocycles. The number of hydrogen-bond acceptors (Lipinski definition) is 22. The molecule has 0 aliphatic carbocycles. The molecule has 4 unspecified atom stereocenters. The average Bonchev–Trinajstić information content (AvgIpc) is 1.71. The summed E-state index contributed by atoms with van der Waals surface area (Å²) in [5.74, 6) is 11.3. The van der Waals surface area contributed by atoms with E-state index < -0.39 is 0 Å². The molecule has 2 N–H and O–H groups in total. The van der Waals surface area contributed by atoms with E-state index in [-0.39, 0.29) is 32.5 Å². The van der Waals surface area contributed by atoms with Gasteiger partial charge in [-0.05, 0) is 341 Å². The molecule has 0 aromatic carbocycles. The number of nitrogens with one attached hydrogen (secondary N) is 2. The van der Waals surface area contributed by atoms with Crippen LogP contribution < -0.4 is 35.1 Å². The number of piperazine rings is 1. The van der Waals surface area contributed by atoms with Crippen LogP contribution in [0.2, 0.25) is 0 Å². The number of likely N-dealkylation sites (tertiary alicyclic amines) is 3. The first-order valence-electron chi connectivity index (χ1n) is 57.4. The number of aromatic nitrogens is 7. The molecule has 10 atom stereocenters. The van der Waals surface area contributed by atoms with Crippen molar-refractivity contribution in [2.24, 2.45) is 37.9 Å². The van der Waals surface area contributed by atoms with Crippen LogP contribution in [0.25, 0.3) is 0 Å². The maximum Gasteiger partial charge on any atom is 0.128 e. The highest BCUT2D eigenvalue weighted by Gasteiger charge is 2.36. The van der Waals surface area contributed by atoms with Gasteiger partial charge in [-0.3, -0.25) is 9.80 Å². The first kappa shape index (κ1) is 123. The molecule has 8 fully saturated rings. The molecular weight excluding hydrogens is 1810 g/mol. The van der Waals surface area contributed by atoms with Gasteiger partial charge in [-0.15, -0.1) is 0 Å². The van der Waals surface area contributed by atoms with Gasteiger partial charge in [0.1, 0.15) is 40.7 Å². The molecule has 22 nitrogen and oxygen atoms in total. The predicted molar refractivity (Wildman–Crippen MR) is 634 cm³/mol. The van der Waals surface area contributed by atoms with E-state index in [1.54, 1.807) is 0 Å². The normalized spacial score (nSPS) is 20.8. The SMILES string of the molecule is CC(c1ccc(NC2CCN(C)C2)nc1)C(C)(C)C.CC(c1ccc(NC2CCN(C)CC2)nc1)C(C)(C)C.CCN(CCN(C)C)c1ccc([C@@H](C)C(C)(C)C)cn1.C[C@H](c1ccc(N2CCC(N(C)C)CC2)nc1)C(C)(C)C.C[C@H](c1ccc(N2CCC(N(C)C3CCN(C)C3)CC2)nc1)C(C)(C)C.C[C@H](c1ccc(N2CCCN(C)CC2)nc1)C(C)(C)C.C[C@H](c1ccc(N2CCN3CCC[C@H]3C2)nc1)C(C)(C)C. The molecule has 7 aromatic heterocycles. The van der Waals surface area contributed by atoms with Crippen LogP contribution in [0.3, 0.4) is 0 Å². The third-order valence-electron chi connectivity index (χ3n) is 35.1. The summed E-state index contributed by atoms with van der Waals surface area (Å²) in [4.78, 5) is 64.4. The fourth-order valence-corrected chi connectivity index (χ4v) is 20.7. The monoisotopic (exact) mass is 2020 g/mol. The van der Waals surface area contributed by atoms with E-state index >= 15 is 0 Å². The van der Waals surface area contributed by atoms with Crippen molar-refractivity contribution in [3.05, 3.63) is 167 Å². The lowest BCUT2D eigenvalue weighted by Gasteiger charge is -2.39. The minimum absolute atomic E-state index is 0.276. The van der Waals surface area contributed by atoms with Gasteiger partial charge in [0, 0.05) is 178 Å². The van der Waals surface area contributed by atoms with Crippen LogP contribution in [0.4, 0.5) is 40.7 Å². The summed E-state index contributed by atoms with van der Waals surface area (Å²) in [6, 6.07) is 35.1. The smallest absolute Gasteiger partial charge is 0.128 e. The maximum absolute atomic E-state index is 4.80. The molecule has 0 amide bonds. The topological polar surface area (TPSA) is 156 Å². The van der Waals surface area contributed by atoms with Gasteiger partial charge < -0.3 is 64.5 Å². The van der Waals surface area contributed by atoms with Crippen molar-refractivity contribution in [1.82, 2.24) is 74.1 Å². The molecule has 0 saturated carbocycles. The second-order valence-corrected chi connectivity index (χ2v) is 53.5. The molecule has 0 radical (unpaired) electrons. The minimum atomic E-state index is 0.276. The summed E-state index contributed by atoms with van der Waals surface area (Å²) in [7, 11) is 19.7. The highest BCUT2D eigenvalue weighted by molar-refractivity contribution is 5.47. The highest BCUT2D eigenvalue weighted by atomic mass is 15.3. The van der Waals surface area contributed by atoms with Gasteiger partial charge in [0.2, 0.25) is 0 Å². The van der Waals surface area contributed by atoms with Crippen LogP contribution in [-0.2, 0) is 0 Å². The van der Waals surface area contributed by atoms with Crippen molar-refractivity contribution in [1.29, 1.82) is 0 Å². The fraction of sp³-hybridized carbons (Fsp3) is 0.720. The van der Waals surface area contributed by atoms with Crippen molar-refractivity contribution in [2.75, 3.05) is 236 Å². The van der Waals surface area contributed by atoms with E-state index in [2.05, 4.69) is 463 Å². The zero-order chi connectivity index (χ0) is 108. The van der Waals surface area contributed by atoms with Gasteiger partial charge >= 0.3 is 0 Å². The van der Waals surface area contributed by atoms with Crippen molar-refractivity contribution >= 4 is 40.7 Å². The van der Waals surface area contributed by atoms with Gasteiger partial charge in [0.25, 0.3) is 0 Å². The maximum atomic E-state index is 4.80. The molecule has 8 saturated heterocycles. The second-order valence-electron chi connectivity index (χ2n) is 53.5. The van der Waals surface area contributed by atoms with E-state index in [1.165, 1.54) is 162 Å². The Morgan fingerprint density at radius 3 is 0.966 bits per heavy atom. The molecule has 22 heteroatoms. The van der Waals surface area contributed by atoms with Crippen LogP contribution in [0.1, 0.15) is 352 Å². The largest absolute Gasteiger partial charge is 0.367 e. The first-order valence-corrected chi connectivity index (χ1v) is 57.4. The summed E-state index contributed by atoms with van der Waals surface area (Å²) >= 11 is 0. The summed E-state index contributed by atoms with van der Waals surface area (Å²) in [6.07, 6.45) is 28.3. The molecule has 147 heavy (non-hydrogen) atoms. The number of rotatable bonds is 23. The number of hydrogen-bond donors (Lipinski definition) is 2. The minimum Gasteiger partial charge on any atom is -0.367 e. The Balaban J connectivity index is 0.000000191. The van der Waals surface area contributed by atoms with Crippen molar-refractivity contribution in [2.45, 2.75) is 349 Å². The third kappa shape index (κ3) is 38.8. The summed E-state index contributed by atoms with van der Waals surface area (Å²) < 4.78 is 0. The number of anilines is 7. The lowest BCUT2D eigenvalue weighted by molar-refractivity contribution is 0.151. The van der Waals surface area contributed by atoms with E-state index in [0.29, 0.717) is 58.9 Å². The molecule has 0 spiro atoms. The van der Waals surface area contributed by atoms with Crippen molar-refractivity contribution in [3.8, 4) is 0 Å². The van der Waals surface area contributed by atoms with Crippen molar-refractivity contribution < 1.29 is 0 Å². The quantitative estimate of drug-likeness (QED) is 0.0623. The summed E-state index contributed by atoms with van der Waals surface area (Å²) in [6.45, 7) is 90.2. The van der Waals surface area contributed by atoms with Gasteiger partial charge in [-0.25, -0.2) is 34.9 Å². The number of nitrogens with zero attached hydrogens (tertiary/aromatic N) is 20. The lowest BCUT2D eigenvalue weighted by atomic mass is 9.78. The Bertz CT molecular complexity index is 4820. The molecule has 0 bridgehead atoms. The zero-order valence-corrected chi connectivity index (χ0v) is 101. The third-order valence-corrected chi connectivity index (χ3v) is 35.1. The highest BCUT2D eigenvalue weighted by Crippen LogP contribution is 2.43. The van der Waals surface area contributed by atoms with E-state index in [1.807, 2.05) is 18.6 Å². The lowest BCUT2D eigenvalue weighted by Crippen LogP contribution is -2.50. The Hall–Kier alpha value is -7.67. The Kier molecular flexibility index (Phi) is 46.6. The number of fused-ring (bicyclic) bond motifs is 1. The number of piperidine rings is 3. The average molecular weight is 2030 g/mol. The van der Waals surface area contributed by atoms with Gasteiger partial charge in [-0.2, -0.15) is 0 Å². The van der Waals surface area contributed by atoms with E-state index in [0.717, 1.165) is 150 Å². The molecule has 15 heterocycles. The van der Waals surface area contributed by atoms with Crippen molar-refractivity contribution in [3.63, 3.8) is 0 Å². The van der Waals surface area contributed by atoms with Crippen LogP contribution in [0.15, 0.2) is 128 Å². The van der Waals surface area contributed by atoms with Crippen LogP contribution in [0.5, 0.6) is 0 Å². The van der Waals surface area contributed by atoms with E-state index in [9.17, 15) is 0 Å². The molecule has 7 aromatic rings. The Morgan fingerprint density at radius 1 is 0.293 bits per heavy atom. The standard InChI is InChI=1S/C22H38N4.C18H29N3.C18H31N3.2C17H29N3.C17H31N3.C16H27N3/c1-17(22(2,3)4)18-7-8-21(23-15-18)26-13-10-19(11-14-26)25(6)20-9-12-24(5)16-20;1-14(18(2,3)4)15-7-8-17(19-12-15)21-11-10-20-9-5-6-16(20)13-21;1-14(18(2,3)4)15-7-8-17(19-13-15)21-11-9-16(10-12-21)20(5)6;1-14(17(2,3)4)15-7-8-16(18-13-15)20-10-6-9-19(5)11-12-20;1-13(17(2,3)4)14-6-7-16(18-12-14)19-15-8-10-20(5)11-9-15;1-8-20(12-11-19(6)7)16-10-9-15(13-18-16)14(2)17(3,4)5;1-12(16(2,3)4)13-6-7-15(17-10-13)18-14-8-9-19(5)11-14/h7-8,15,17,19-20H,9-14,16H2,1-6H3;7-8,12,14,16H,5-6,9-11,13H2,1-4H3;7-8,13-14,16H,9-12H2,1-6H3;7-8,13-14H,6,9-12H2,1-5H3;6-7,12-13,15H,8-11H2,1-5H3,(H,18,19);9-10,13-14H,8,11-12H2,1-7H3;6-7,10,12,14H,8-9,11H2,1-5H3,(H,17,18)/t17-,20?;14-,16+;2*14-;;14-;/m1111.1./s1. The second kappa shape index (κ2) is 55.7. The fourth-order valence-electron chi connectivity index (χ4n) is 20.7. The summed E-state index contributed by atoms with van der Waals surface area (Å²) in [5, 5.41) is 7.09. The molecular formula is C125H214N22. The van der Waals surface area contributed by atoms with Crippen LogP contribution in [0, 0.1) is 37.9 Å². The van der Waals surface area contributed by atoms with E-state index in [4.69, 9.17) is 19.9 Å². The van der Waals surface area contributed by atoms with Gasteiger partial charge in [-0.1, -0.05) is 236 Å². The number of likely N-dealkylation sites (N-methyl/N-ethyl adjacent to an activating group) is 6. The Labute approximate surface area is 899 Å². The van der Waals surface area contributed by atoms with Gasteiger partial charge in [0.15, 0.2) is 0 Å². The number of pyridine rings is 7. The first-order chi connectivity index (χ1) is 68.8. The Morgan fingerprint density at radius 2 is 0.626 bits per heavy atom. The summed E-state index contributed by atoms with van der Waals surface area (Å²) in [5.41, 5.74) is 11.3.